The van der Waals surface area contributed by atoms with E-state index in [2.05, 4.69) is 15.6 Å². The van der Waals surface area contributed by atoms with Gasteiger partial charge in [-0.3, -0.25) is 9.59 Å². The summed E-state index contributed by atoms with van der Waals surface area (Å²) in [6.45, 7) is 7.56. The number of aromatic nitrogens is 1. The van der Waals surface area contributed by atoms with Crippen LogP contribution >= 0.6 is 23.1 Å². The summed E-state index contributed by atoms with van der Waals surface area (Å²) in [6, 6.07) is 5.83. The molecule has 5 nitrogen and oxygen atoms in total. The summed E-state index contributed by atoms with van der Waals surface area (Å²) < 4.78 is 0.857. The first-order valence-corrected chi connectivity index (χ1v) is 9.35. The third-order valence-corrected chi connectivity index (χ3v) is 5.60. The number of carbonyl (C=O) groups is 2. The van der Waals surface area contributed by atoms with Crippen molar-refractivity contribution in [2.45, 2.75) is 37.3 Å². The van der Waals surface area contributed by atoms with Crippen molar-refractivity contribution in [2.24, 2.45) is 0 Å². The zero-order valence-electron chi connectivity index (χ0n) is 14.2. The van der Waals surface area contributed by atoms with Crippen molar-refractivity contribution in [3.8, 4) is 0 Å². The van der Waals surface area contributed by atoms with Gasteiger partial charge in [0.15, 0.2) is 4.34 Å². The number of hydrogen-bond acceptors (Lipinski definition) is 5. The molecule has 0 spiro atoms. The number of rotatable bonds is 6. The quantitative estimate of drug-likeness (QED) is 0.773. The van der Waals surface area contributed by atoms with Crippen molar-refractivity contribution >= 4 is 40.6 Å². The van der Waals surface area contributed by atoms with Gasteiger partial charge in [0.1, 0.15) is 0 Å². The van der Waals surface area contributed by atoms with Gasteiger partial charge in [-0.05, 0) is 38.8 Å². The molecule has 0 fully saturated rings. The summed E-state index contributed by atoms with van der Waals surface area (Å²) in [4.78, 5) is 28.5. The fourth-order valence-electron chi connectivity index (χ4n) is 2.10. The second-order valence-corrected chi connectivity index (χ2v) is 7.99. The van der Waals surface area contributed by atoms with Gasteiger partial charge in [0.05, 0.1) is 11.8 Å². The molecule has 1 aromatic carbocycles. The maximum Gasteiger partial charge on any atom is 0.243 e. The summed E-state index contributed by atoms with van der Waals surface area (Å²) in [5.74, 6) is -0.410. The third kappa shape index (κ3) is 5.07. The Balaban J connectivity index is 1.83. The van der Waals surface area contributed by atoms with Crippen LogP contribution in [0, 0.1) is 20.8 Å². The molecule has 0 bridgehead atoms. The molecule has 0 unspecified atom stereocenters. The van der Waals surface area contributed by atoms with E-state index in [1.807, 2.05) is 44.4 Å². The Morgan fingerprint density at radius 1 is 1.25 bits per heavy atom. The number of thioether (sulfide) groups is 1. The molecule has 1 aromatic heterocycles. The van der Waals surface area contributed by atoms with Gasteiger partial charge in [-0.25, -0.2) is 4.98 Å². The molecule has 128 valence electrons. The van der Waals surface area contributed by atoms with Crippen molar-refractivity contribution in [1.82, 2.24) is 10.3 Å². The van der Waals surface area contributed by atoms with E-state index in [-0.39, 0.29) is 23.6 Å². The lowest BCUT2D eigenvalue weighted by atomic mass is 10.1. The number of nitrogens with one attached hydrogen (secondary N) is 2. The number of thiazole rings is 1. The monoisotopic (exact) mass is 363 g/mol. The molecule has 0 aliphatic rings. The van der Waals surface area contributed by atoms with Crippen LogP contribution in [0.3, 0.4) is 0 Å². The standard InChI is InChI=1S/C17H21N3O2S2/c1-10-6-5-7-11(2)15(10)20-14(21)8-18-16(22)13(4)24-17-19-12(3)9-23-17/h5-7,9,13H,8H2,1-4H3,(H,18,22)(H,20,21)/t13-/m1/s1. The molecular weight excluding hydrogens is 342 g/mol. The first-order chi connectivity index (χ1) is 11.4. The van der Waals surface area contributed by atoms with Gasteiger partial charge in [-0.2, -0.15) is 0 Å². The second-order valence-electron chi connectivity index (χ2n) is 5.55. The number of aryl methyl sites for hydroxylation is 3. The average Bonchev–Trinajstić information content (AvgIpc) is 2.93. The van der Waals surface area contributed by atoms with E-state index in [9.17, 15) is 9.59 Å². The number of nitrogens with zero attached hydrogens (tertiary/aromatic N) is 1. The van der Waals surface area contributed by atoms with E-state index in [4.69, 9.17) is 0 Å². The first kappa shape index (κ1) is 18.5. The van der Waals surface area contributed by atoms with Gasteiger partial charge in [0.2, 0.25) is 11.8 Å². The Morgan fingerprint density at radius 3 is 2.50 bits per heavy atom. The average molecular weight is 364 g/mol. The van der Waals surface area contributed by atoms with Crippen LogP contribution in [0.25, 0.3) is 0 Å². The SMILES string of the molecule is Cc1csc(S[C@H](C)C(=O)NCC(=O)Nc2c(C)cccc2C)n1. The molecule has 0 saturated carbocycles. The molecule has 2 rings (SSSR count). The molecule has 1 heterocycles. The fourth-order valence-corrected chi connectivity index (χ4v) is 4.11. The minimum absolute atomic E-state index is 0.0472. The smallest absolute Gasteiger partial charge is 0.243 e. The lowest BCUT2D eigenvalue weighted by Gasteiger charge is -2.13. The van der Waals surface area contributed by atoms with Gasteiger partial charge in [0, 0.05) is 16.8 Å². The molecule has 0 aliphatic carbocycles. The Bertz CT molecular complexity index is 723. The van der Waals surface area contributed by atoms with Crippen molar-refractivity contribution < 1.29 is 9.59 Å². The molecule has 2 amide bonds. The van der Waals surface area contributed by atoms with Crippen LogP contribution in [0.4, 0.5) is 5.69 Å². The van der Waals surface area contributed by atoms with Crippen LogP contribution in [0.2, 0.25) is 0 Å². The normalized spacial score (nSPS) is 11.8. The van der Waals surface area contributed by atoms with Gasteiger partial charge in [-0.15, -0.1) is 11.3 Å². The largest absolute Gasteiger partial charge is 0.346 e. The van der Waals surface area contributed by atoms with Crippen LogP contribution in [0.5, 0.6) is 0 Å². The summed E-state index contributed by atoms with van der Waals surface area (Å²) in [5.41, 5.74) is 3.75. The van der Waals surface area contributed by atoms with E-state index in [1.54, 1.807) is 6.92 Å². The molecule has 1 atom stereocenters. The summed E-state index contributed by atoms with van der Waals surface area (Å²) >= 11 is 2.91. The van der Waals surface area contributed by atoms with Crippen LogP contribution in [-0.2, 0) is 9.59 Å². The van der Waals surface area contributed by atoms with Crippen LogP contribution in [0.15, 0.2) is 27.9 Å². The molecule has 0 saturated heterocycles. The maximum absolute atomic E-state index is 12.1. The lowest BCUT2D eigenvalue weighted by Crippen LogP contribution is -2.37. The van der Waals surface area contributed by atoms with Crippen LogP contribution in [-0.4, -0.2) is 28.6 Å². The topological polar surface area (TPSA) is 71.1 Å². The number of anilines is 1. The number of carbonyl (C=O) groups excluding carboxylic acids is 2. The van der Waals surface area contributed by atoms with Crippen LogP contribution < -0.4 is 10.6 Å². The zero-order chi connectivity index (χ0) is 17.7. The molecule has 24 heavy (non-hydrogen) atoms. The van der Waals surface area contributed by atoms with E-state index in [1.165, 1.54) is 23.1 Å². The summed E-state index contributed by atoms with van der Waals surface area (Å²) in [5, 5.41) is 7.18. The van der Waals surface area contributed by atoms with Crippen LogP contribution in [0.1, 0.15) is 23.7 Å². The van der Waals surface area contributed by atoms with Crippen molar-refractivity contribution in [3.05, 3.63) is 40.4 Å². The molecular formula is C17H21N3O2S2. The maximum atomic E-state index is 12.1. The molecule has 0 radical (unpaired) electrons. The Kier molecular flexibility index (Phi) is 6.39. The molecule has 2 N–H and O–H groups in total. The minimum atomic E-state index is -0.302. The number of hydrogen-bond donors (Lipinski definition) is 2. The first-order valence-electron chi connectivity index (χ1n) is 7.59. The Morgan fingerprint density at radius 2 is 1.92 bits per heavy atom. The van der Waals surface area contributed by atoms with Gasteiger partial charge < -0.3 is 10.6 Å². The fraction of sp³-hybridized carbons (Fsp3) is 0.353. The van der Waals surface area contributed by atoms with Crippen molar-refractivity contribution in [3.63, 3.8) is 0 Å². The predicted octanol–water partition coefficient (Wildman–Crippen LogP) is 3.30. The summed E-state index contributed by atoms with van der Waals surface area (Å²) in [7, 11) is 0. The zero-order valence-corrected chi connectivity index (χ0v) is 15.8. The molecule has 0 aliphatic heterocycles. The molecule has 2 aromatic rings. The number of amides is 2. The van der Waals surface area contributed by atoms with Gasteiger partial charge in [-0.1, -0.05) is 30.0 Å². The summed E-state index contributed by atoms with van der Waals surface area (Å²) in [6.07, 6.45) is 0. The van der Waals surface area contributed by atoms with Crippen molar-refractivity contribution in [2.75, 3.05) is 11.9 Å². The highest BCUT2D eigenvalue weighted by atomic mass is 32.2. The predicted molar refractivity (Wildman–Crippen MR) is 99.7 cm³/mol. The number of benzene rings is 1. The van der Waals surface area contributed by atoms with Gasteiger partial charge >= 0.3 is 0 Å². The van der Waals surface area contributed by atoms with Gasteiger partial charge in [0.25, 0.3) is 0 Å². The third-order valence-electron chi connectivity index (χ3n) is 3.41. The highest BCUT2D eigenvalue weighted by Crippen LogP contribution is 2.26. The molecule has 7 heteroatoms. The van der Waals surface area contributed by atoms with E-state index in [0.717, 1.165) is 26.8 Å². The second kappa shape index (κ2) is 8.30. The van der Waals surface area contributed by atoms with E-state index < -0.39 is 0 Å². The highest BCUT2D eigenvalue weighted by molar-refractivity contribution is 8.02. The Hall–Kier alpha value is -1.86. The van der Waals surface area contributed by atoms with E-state index in [0.29, 0.717) is 0 Å². The minimum Gasteiger partial charge on any atom is -0.346 e. The van der Waals surface area contributed by atoms with Crippen molar-refractivity contribution in [1.29, 1.82) is 0 Å². The Labute approximate surface area is 150 Å². The highest BCUT2D eigenvalue weighted by Gasteiger charge is 2.17. The van der Waals surface area contributed by atoms with E-state index >= 15 is 0 Å². The number of para-hydroxylation sites is 1. The lowest BCUT2D eigenvalue weighted by molar-refractivity contribution is -0.123.